The molecule has 0 saturated carbocycles. The first-order valence-corrected chi connectivity index (χ1v) is 7.38. The van der Waals surface area contributed by atoms with Crippen molar-refractivity contribution in [2.75, 3.05) is 0 Å². The molecule has 0 aromatic heterocycles. The number of hydrogen-bond acceptors (Lipinski definition) is 2. The van der Waals surface area contributed by atoms with Gasteiger partial charge in [-0.2, -0.15) is 0 Å². The van der Waals surface area contributed by atoms with E-state index in [9.17, 15) is 4.79 Å². The third-order valence-corrected chi connectivity index (χ3v) is 4.43. The second-order valence-electron chi connectivity index (χ2n) is 3.50. The Hall–Kier alpha value is -1.35. The quantitative estimate of drug-likeness (QED) is 0.557. The highest BCUT2D eigenvalue weighted by Gasteiger charge is 2.28. The lowest BCUT2D eigenvalue weighted by atomic mass is 10.4. The molecule has 74 valence electrons. The summed E-state index contributed by atoms with van der Waals surface area (Å²) < 4.78 is 5.35. The molecule has 0 aliphatic rings. The van der Waals surface area contributed by atoms with Gasteiger partial charge >= 0.3 is 5.97 Å². The first-order valence-electron chi connectivity index (χ1n) is 4.47. The first-order chi connectivity index (χ1) is 6.56. The van der Waals surface area contributed by atoms with Crippen LogP contribution in [0.25, 0.3) is 0 Å². The van der Waals surface area contributed by atoms with Crippen LogP contribution in [0.2, 0.25) is 13.1 Å². The van der Waals surface area contributed by atoms with Crippen molar-refractivity contribution in [1.29, 1.82) is 0 Å². The van der Waals surface area contributed by atoms with E-state index in [2.05, 4.69) is 6.58 Å². The third kappa shape index (κ3) is 2.57. The topological polar surface area (TPSA) is 26.3 Å². The van der Waals surface area contributed by atoms with Gasteiger partial charge in [-0.05, 0) is 18.3 Å². The van der Waals surface area contributed by atoms with E-state index in [0.29, 0.717) is 0 Å². The SMILES string of the molecule is C=CC(=O)O[Si](C)(C)c1ccccc1. The van der Waals surface area contributed by atoms with Gasteiger partial charge in [-0.1, -0.05) is 36.9 Å². The Labute approximate surface area is 85.3 Å². The van der Waals surface area contributed by atoms with Crippen LogP contribution < -0.4 is 5.19 Å². The molecule has 0 aliphatic heterocycles. The maximum Gasteiger partial charge on any atom is 0.317 e. The molecule has 1 rings (SSSR count). The predicted molar refractivity (Wildman–Crippen MR) is 59.8 cm³/mol. The standard InChI is InChI=1S/C11H14O2Si/c1-4-11(12)13-14(2,3)10-8-6-5-7-9-10/h4-9H,1H2,2-3H3. The fraction of sp³-hybridized carbons (Fsp3) is 0.182. The van der Waals surface area contributed by atoms with E-state index in [1.54, 1.807) is 0 Å². The summed E-state index contributed by atoms with van der Waals surface area (Å²) in [7, 11) is -2.08. The average Bonchev–Trinajstić information content (AvgIpc) is 2.18. The van der Waals surface area contributed by atoms with Crippen LogP contribution in [-0.2, 0) is 9.22 Å². The molecule has 0 atom stereocenters. The van der Waals surface area contributed by atoms with Gasteiger partial charge in [0.15, 0.2) is 0 Å². The monoisotopic (exact) mass is 206 g/mol. The molecule has 3 heteroatoms. The highest BCUT2D eigenvalue weighted by Crippen LogP contribution is 2.05. The Kier molecular flexibility index (Phi) is 3.25. The third-order valence-electron chi connectivity index (χ3n) is 1.99. The van der Waals surface area contributed by atoms with Crippen LogP contribution in [0.4, 0.5) is 0 Å². The molecule has 0 amide bonds. The van der Waals surface area contributed by atoms with Crippen molar-refractivity contribution >= 4 is 19.5 Å². The van der Waals surface area contributed by atoms with Crippen LogP contribution in [0.15, 0.2) is 43.0 Å². The van der Waals surface area contributed by atoms with Crippen molar-refractivity contribution in [3.8, 4) is 0 Å². The molecular weight excluding hydrogens is 192 g/mol. The van der Waals surface area contributed by atoms with Crippen LogP contribution >= 0.6 is 0 Å². The van der Waals surface area contributed by atoms with Crippen LogP contribution in [0, 0.1) is 0 Å². The lowest BCUT2D eigenvalue weighted by molar-refractivity contribution is -0.129. The Balaban J connectivity index is 2.85. The van der Waals surface area contributed by atoms with Gasteiger partial charge in [0, 0.05) is 6.08 Å². The number of carbonyl (C=O) groups is 1. The molecule has 0 aliphatic carbocycles. The van der Waals surface area contributed by atoms with Gasteiger partial charge in [0.2, 0.25) is 0 Å². The Morgan fingerprint density at radius 3 is 2.43 bits per heavy atom. The summed E-state index contributed by atoms with van der Waals surface area (Å²) in [6.45, 7) is 7.37. The molecule has 0 saturated heterocycles. The van der Waals surface area contributed by atoms with Gasteiger partial charge in [-0.15, -0.1) is 0 Å². The van der Waals surface area contributed by atoms with Gasteiger partial charge in [0.25, 0.3) is 8.32 Å². The second-order valence-corrected chi connectivity index (χ2v) is 7.30. The van der Waals surface area contributed by atoms with E-state index in [0.717, 1.165) is 5.19 Å². The lowest BCUT2D eigenvalue weighted by Gasteiger charge is -2.21. The smallest absolute Gasteiger partial charge is 0.317 e. The average molecular weight is 206 g/mol. The number of carbonyl (C=O) groups excluding carboxylic acids is 1. The highest BCUT2D eigenvalue weighted by atomic mass is 28.4. The van der Waals surface area contributed by atoms with Crippen molar-refractivity contribution in [1.82, 2.24) is 0 Å². The van der Waals surface area contributed by atoms with Crippen LogP contribution in [-0.4, -0.2) is 14.3 Å². The summed E-state index contributed by atoms with van der Waals surface area (Å²) in [5.41, 5.74) is 0. The summed E-state index contributed by atoms with van der Waals surface area (Å²) in [6.07, 6.45) is 1.21. The minimum Gasteiger partial charge on any atom is -0.512 e. The predicted octanol–water partition coefficient (Wildman–Crippen LogP) is 1.83. The van der Waals surface area contributed by atoms with Crippen molar-refractivity contribution in [2.45, 2.75) is 13.1 Å². The molecule has 14 heavy (non-hydrogen) atoms. The summed E-state index contributed by atoms with van der Waals surface area (Å²) in [5, 5.41) is 1.11. The highest BCUT2D eigenvalue weighted by molar-refractivity contribution is 6.85. The molecule has 0 N–H and O–H groups in total. The first kappa shape index (κ1) is 10.7. The van der Waals surface area contributed by atoms with Gasteiger partial charge in [0.05, 0.1) is 0 Å². The molecule has 0 unspecified atom stereocenters. The number of hydrogen-bond donors (Lipinski definition) is 0. The van der Waals surface area contributed by atoms with Crippen molar-refractivity contribution in [3.63, 3.8) is 0 Å². The van der Waals surface area contributed by atoms with E-state index in [4.69, 9.17) is 4.43 Å². The normalized spacial score (nSPS) is 10.7. The van der Waals surface area contributed by atoms with Crippen LogP contribution in [0.3, 0.4) is 0 Å². The van der Waals surface area contributed by atoms with E-state index in [-0.39, 0.29) is 5.97 Å². The largest absolute Gasteiger partial charge is 0.512 e. The van der Waals surface area contributed by atoms with Gasteiger partial charge < -0.3 is 4.43 Å². The van der Waals surface area contributed by atoms with E-state index >= 15 is 0 Å². The minimum atomic E-state index is -2.08. The summed E-state index contributed by atoms with van der Waals surface area (Å²) >= 11 is 0. The second kappa shape index (κ2) is 4.24. The summed E-state index contributed by atoms with van der Waals surface area (Å²) in [4.78, 5) is 11.1. The van der Waals surface area contributed by atoms with E-state index in [1.807, 2.05) is 43.4 Å². The van der Waals surface area contributed by atoms with Crippen LogP contribution in [0.1, 0.15) is 0 Å². The Morgan fingerprint density at radius 1 is 1.36 bits per heavy atom. The zero-order valence-electron chi connectivity index (χ0n) is 8.49. The van der Waals surface area contributed by atoms with Crippen molar-refractivity contribution in [3.05, 3.63) is 43.0 Å². The molecule has 0 heterocycles. The number of rotatable bonds is 3. The molecule has 0 fully saturated rings. The van der Waals surface area contributed by atoms with Crippen molar-refractivity contribution < 1.29 is 9.22 Å². The fourth-order valence-corrected chi connectivity index (χ4v) is 2.89. The van der Waals surface area contributed by atoms with Crippen molar-refractivity contribution in [2.24, 2.45) is 0 Å². The molecule has 2 nitrogen and oxygen atoms in total. The Bertz CT molecular complexity index is 330. The molecule has 1 aromatic carbocycles. The fourth-order valence-electron chi connectivity index (χ4n) is 1.19. The zero-order valence-corrected chi connectivity index (χ0v) is 9.49. The van der Waals surface area contributed by atoms with Gasteiger partial charge in [-0.25, -0.2) is 4.79 Å². The zero-order chi connectivity index (χ0) is 10.6. The van der Waals surface area contributed by atoms with E-state index in [1.165, 1.54) is 6.08 Å². The molecule has 0 bridgehead atoms. The lowest BCUT2D eigenvalue weighted by Crippen LogP contribution is -2.45. The van der Waals surface area contributed by atoms with Gasteiger partial charge in [0.1, 0.15) is 0 Å². The maximum atomic E-state index is 11.1. The molecule has 1 aromatic rings. The minimum absolute atomic E-state index is 0.342. The molecule has 0 radical (unpaired) electrons. The Morgan fingerprint density at radius 2 is 1.93 bits per heavy atom. The van der Waals surface area contributed by atoms with Gasteiger partial charge in [-0.3, -0.25) is 0 Å². The summed E-state index contributed by atoms with van der Waals surface area (Å²) in [6, 6.07) is 9.83. The number of benzene rings is 1. The molecular formula is C11H14O2Si. The maximum absolute atomic E-state index is 11.1. The van der Waals surface area contributed by atoms with Crippen LogP contribution in [0.5, 0.6) is 0 Å². The van der Waals surface area contributed by atoms with E-state index < -0.39 is 8.32 Å². The molecule has 0 spiro atoms. The summed E-state index contributed by atoms with van der Waals surface area (Å²) in [5.74, 6) is -0.342.